The Hall–Kier alpha value is -1.10. The average Bonchev–Trinajstić information content (AvgIpc) is 1.99. The van der Waals surface area contributed by atoms with Crippen LogP contribution < -0.4 is 11.2 Å². The van der Waals surface area contributed by atoms with Gasteiger partial charge in [-0.15, -0.1) is 0 Å². The Bertz CT molecular complexity index is 350. The number of pyridine rings is 1. The number of nitrogens with two attached hydrogens (primary N) is 1. The Morgan fingerprint density at radius 1 is 1.58 bits per heavy atom. The van der Waals surface area contributed by atoms with Crippen LogP contribution in [0.1, 0.15) is 12.1 Å². The summed E-state index contributed by atoms with van der Waals surface area (Å²) in [6, 6.07) is 0.726. The molecule has 0 spiro atoms. The lowest BCUT2D eigenvalue weighted by Crippen LogP contribution is -2.09. The molecule has 0 atom stereocenters. The van der Waals surface area contributed by atoms with Gasteiger partial charge in [0, 0.05) is 6.07 Å². The number of nitrogens with one attached hydrogen (secondary N) is 1. The Balaban J connectivity index is 3.31. The van der Waals surface area contributed by atoms with E-state index in [1.807, 2.05) is 0 Å². The van der Waals surface area contributed by atoms with Crippen LogP contribution in [0.3, 0.4) is 0 Å². The van der Waals surface area contributed by atoms with E-state index in [1.54, 1.807) is 0 Å². The van der Waals surface area contributed by atoms with Crippen molar-refractivity contribution in [1.29, 1.82) is 0 Å². The molecule has 3 nitrogen and oxygen atoms in total. The molecule has 1 aromatic rings. The van der Waals surface area contributed by atoms with Crippen LogP contribution >= 0.6 is 11.6 Å². The van der Waals surface area contributed by atoms with Crippen molar-refractivity contribution < 1.29 is 8.78 Å². The SMILES string of the molecule is Nc1[nH]c(C(F)F)cc(=O)c1Cl. The molecule has 1 heterocycles. The number of alkyl halides is 2. The van der Waals surface area contributed by atoms with E-state index in [0.717, 1.165) is 6.07 Å². The second-order valence-electron chi connectivity index (χ2n) is 2.12. The first-order valence-electron chi connectivity index (χ1n) is 2.98. The predicted octanol–water partition coefficient (Wildman–Crippen LogP) is 1.55. The van der Waals surface area contributed by atoms with Crippen LogP contribution in [0.15, 0.2) is 10.9 Å². The van der Waals surface area contributed by atoms with Crippen LogP contribution in [-0.2, 0) is 0 Å². The number of aromatic nitrogens is 1. The highest BCUT2D eigenvalue weighted by Gasteiger charge is 2.11. The van der Waals surface area contributed by atoms with Gasteiger partial charge in [-0.05, 0) is 0 Å². The van der Waals surface area contributed by atoms with Crippen LogP contribution in [0.25, 0.3) is 0 Å². The van der Waals surface area contributed by atoms with Crippen molar-refractivity contribution in [2.24, 2.45) is 0 Å². The van der Waals surface area contributed by atoms with Gasteiger partial charge in [0.2, 0.25) is 5.43 Å². The normalized spacial score (nSPS) is 10.7. The number of hydrogen-bond acceptors (Lipinski definition) is 2. The van der Waals surface area contributed by atoms with Gasteiger partial charge >= 0.3 is 0 Å². The van der Waals surface area contributed by atoms with E-state index >= 15 is 0 Å². The summed E-state index contributed by atoms with van der Waals surface area (Å²) < 4.78 is 24.0. The lowest BCUT2D eigenvalue weighted by molar-refractivity contribution is 0.146. The molecular weight excluding hydrogens is 190 g/mol. The van der Waals surface area contributed by atoms with Gasteiger partial charge in [-0.25, -0.2) is 8.78 Å². The fraction of sp³-hybridized carbons (Fsp3) is 0.167. The molecule has 0 aliphatic carbocycles. The highest BCUT2D eigenvalue weighted by molar-refractivity contribution is 6.32. The van der Waals surface area contributed by atoms with E-state index in [4.69, 9.17) is 17.3 Å². The Morgan fingerprint density at radius 2 is 2.17 bits per heavy atom. The van der Waals surface area contributed by atoms with Gasteiger partial charge in [-0.1, -0.05) is 11.6 Å². The van der Waals surface area contributed by atoms with Crippen LogP contribution in [0.5, 0.6) is 0 Å². The zero-order valence-electron chi connectivity index (χ0n) is 5.77. The average molecular weight is 195 g/mol. The molecule has 0 saturated carbocycles. The maximum atomic E-state index is 12.0. The lowest BCUT2D eigenvalue weighted by atomic mass is 10.3. The maximum absolute atomic E-state index is 12.0. The molecule has 0 aliphatic rings. The van der Waals surface area contributed by atoms with Crippen molar-refractivity contribution in [2.75, 3.05) is 5.73 Å². The number of halogens is 3. The summed E-state index contributed by atoms with van der Waals surface area (Å²) in [6.45, 7) is 0. The van der Waals surface area contributed by atoms with Crippen molar-refractivity contribution in [3.63, 3.8) is 0 Å². The molecule has 0 aliphatic heterocycles. The van der Waals surface area contributed by atoms with E-state index in [1.165, 1.54) is 0 Å². The fourth-order valence-electron chi connectivity index (χ4n) is 0.701. The van der Waals surface area contributed by atoms with E-state index in [0.29, 0.717) is 0 Å². The summed E-state index contributed by atoms with van der Waals surface area (Å²) in [6.07, 6.45) is -2.75. The van der Waals surface area contributed by atoms with Crippen molar-refractivity contribution in [3.05, 3.63) is 27.0 Å². The molecule has 3 N–H and O–H groups in total. The minimum absolute atomic E-state index is 0.237. The summed E-state index contributed by atoms with van der Waals surface area (Å²) in [5.41, 5.74) is 3.91. The van der Waals surface area contributed by atoms with Crippen molar-refractivity contribution in [1.82, 2.24) is 4.98 Å². The summed E-state index contributed by atoms with van der Waals surface area (Å²) in [4.78, 5) is 12.9. The van der Waals surface area contributed by atoms with Gasteiger partial charge in [-0.2, -0.15) is 0 Å². The first kappa shape index (κ1) is 8.99. The van der Waals surface area contributed by atoms with Gasteiger partial charge in [-0.3, -0.25) is 4.79 Å². The fourth-order valence-corrected chi connectivity index (χ4v) is 0.803. The van der Waals surface area contributed by atoms with Gasteiger partial charge in [0.05, 0.1) is 5.69 Å². The Morgan fingerprint density at radius 3 is 2.58 bits per heavy atom. The van der Waals surface area contributed by atoms with Gasteiger partial charge < -0.3 is 10.7 Å². The second kappa shape index (κ2) is 3.10. The van der Waals surface area contributed by atoms with E-state index in [2.05, 4.69) is 4.98 Å². The molecule has 0 aromatic carbocycles. The molecule has 12 heavy (non-hydrogen) atoms. The lowest BCUT2D eigenvalue weighted by Gasteiger charge is -2.02. The van der Waals surface area contributed by atoms with Gasteiger partial charge in [0.1, 0.15) is 10.8 Å². The first-order chi connectivity index (χ1) is 5.52. The summed E-state index contributed by atoms with van der Waals surface area (Å²) in [7, 11) is 0. The second-order valence-corrected chi connectivity index (χ2v) is 2.50. The molecule has 1 aromatic heterocycles. The highest BCUT2D eigenvalue weighted by Crippen LogP contribution is 2.18. The molecule has 0 amide bonds. The van der Waals surface area contributed by atoms with Crippen LogP contribution in [0, 0.1) is 0 Å². The number of hydrogen-bond donors (Lipinski definition) is 2. The number of H-pyrrole nitrogens is 1. The predicted molar refractivity (Wildman–Crippen MR) is 41.4 cm³/mol. The minimum atomic E-state index is -2.75. The van der Waals surface area contributed by atoms with E-state index < -0.39 is 17.5 Å². The molecule has 0 bridgehead atoms. The number of aromatic amines is 1. The zero-order valence-corrected chi connectivity index (χ0v) is 6.53. The summed E-state index contributed by atoms with van der Waals surface area (Å²) in [5.74, 6) is -0.237. The van der Waals surface area contributed by atoms with Crippen molar-refractivity contribution in [3.8, 4) is 0 Å². The number of anilines is 1. The Kier molecular flexibility index (Phi) is 2.32. The third-order valence-electron chi connectivity index (χ3n) is 1.25. The molecule has 0 unspecified atom stereocenters. The van der Waals surface area contributed by atoms with E-state index in [9.17, 15) is 13.6 Å². The minimum Gasteiger partial charge on any atom is -0.384 e. The molecule has 66 valence electrons. The molecule has 0 fully saturated rings. The van der Waals surface area contributed by atoms with Gasteiger partial charge in [0.15, 0.2) is 0 Å². The summed E-state index contributed by atoms with van der Waals surface area (Å²) >= 11 is 5.34. The van der Waals surface area contributed by atoms with Crippen LogP contribution in [0.2, 0.25) is 5.02 Å². The van der Waals surface area contributed by atoms with Crippen LogP contribution in [0.4, 0.5) is 14.6 Å². The zero-order chi connectivity index (χ0) is 9.30. The smallest absolute Gasteiger partial charge is 0.278 e. The molecular formula is C6H5ClF2N2O. The standard InChI is InChI=1S/C6H5ClF2N2O/c7-4-3(12)1-2(5(8)9)11-6(4)10/h1,5H,(H3,10,11,12). The third kappa shape index (κ3) is 1.55. The largest absolute Gasteiger partial charge is 0.384 e. The molecule has 0 saturated heterocycles. The molecule has 1 rings (SSSR count). The topological polar surface area (TPSA) is 58.9 Å². The highest BCUT2D eigenvalue weighted by atomic mass is 35.5. The van der Waals surface area contributed by atoms with Crippen molar-refractivity contribution >= 4 is 17.4 Å². The quantitative estimate of drug-likeness (QED) is 0.713. The maximum Gasteiger partial charge on any atom is 0.278 e. The summed E-state index contributed by atoms with van der Waals surface area (Å²) in [5, 5.41) is -0.264. The molecule has 0 radical (unpaired) electrons. The van der Waals surface area contributed by atoms with Crippen LogP contribution in [-0.4, -0.2) is 4.98 Å². The monoisotopic (exact) mass is 194 g/mol. The van der Waals surface area contributed by atoms with Crippen molar-refractivity contribution in [2.45, 2.75) is 6.43 Å². The molecule has 6 heteroatoms. The number of nitrogen functional groups attached to an aromatic ring is 1. The third-order valence-corrected chi connectivity index (χ3v) is 1.64. The van der Waals surface area contributed by atoms with E-state index in [-0.39, 0.29) is 10.8 Å². The Labute approximate surface area is 71.2 Å². The number of rotatable bonds is 1. The van der Waals surface area contributed by atoms with Gasteiger partial charge in [0.25, 0.3) is 6.43 Å². The first-order valence-corrected chi connectivity index (χ1v) is 3.36.